The number of benzene rings is 1. The first-order chi connectivity index (χ1) is 10.6. The van der Waals surface area contributed by atoms with Crippen LogP contribution in [0.2, 0.25) is 0 Å². The number of para-hydroxylation sites is 1. The van der Waals surface area contributed by atoms with Crippen LogP contribution in [0.3, 0.4) is 0 Å². The zero-order valence-corrected chi connectivity index (χ0v) is 13.3. The standard InChI is InChI=1S/C17H22N2O3/c1-4-5-9-13(17(21)22-3)18-16(20)15-11-12-8-6-7-10-14(12)19(15)2/h6-8,10-11,13H,4-5,9H2,1-3H3,(H,18,20)/t13-/m0/s1. The zero-order valence-electron chi connectivity index (χ0n) is 13.3. The molecule has 118 valence electrons. The molecule has 1 aromatic carbocycles. The molecule has 0 saturated carbocycles. The lowest BCUT2D eigenvalue weighted by Crippen LogP contribution is -2.42. The first-order valence-electron chi connectivity index (χ1n) is 7.51. The predicted molar refractivity (Wildman–Crippen MR) is 85.7 cm³/mol. The maximum Gasteiger partial charge on any atom is 0.328 e. The summed E-state index contributed by atoms with van der Waals surface area (Å²) in [6.07, 6.45) is 2.39. The molecule has 22 heavy (non-hydrogen) atoms. The van der Waals surface area contributed by atoms with E-state index in [1.165, 1.54) is 7.11 Å². The van der Waals surface area contributed by atoms with Gasteiger partial charge in [-0.05, 0) is 18.6 Å². The van der Waals surface area contributed by atoms with Gasteiger partial charge < -0.3 is 14.6 Å². The molecule has 1 heterocycles. The van der Waals surface area contributed by atoms with Crippen molar-refractivity contribution in [3.63, 3.8) is 0 Å². The molecule has 1 aromatic heterocycles. The molecule has 1 atom stereocenters. The summed E-state index contributed by atoms with van der Waals surface area (Å²) in [5, 5.41) is 3.78. The Hall–Kier alpha value is -2.30. The smallest absolute Gasteiger partial charge is 0.328 e. The Morgan fingerprint density at radius 1 is 1.32 bits per heavy atom. The molecule has 0 aliphatic heterocycles. The summed E-state index contributed by atoms with van der Waals surface area (Å²) >= 11 is 0. The molecule has 0 radical (unpaired) electrons. The molecule has 0 aliphatic carbocycles. The lowest BCUT2D eigenvalue weighted by atomic mass is 10.1. The summed E-state index contributed by atoms with van der Waals surface area (Å²) in [4.78, 5) is 24.3. The fourth-order valence-corrected chi connectivity index (χ4v) is 2.54. The number of aryl methyl sites for hydroxylation is 1. The van der Waals surface area contributed by atoms with Crippen LogP contribution in [0.15, 0.2) is 30.3 Å². The molecule has 0 spiro atoms. The summed E-state index contributed by atoms with van der Waals surface area (Å²) in [5.41, 5.74) is 1.52. The number of nitrogens with zero attached hydrogens (tertiary/aromatic N) is 1. The van der Waals surface area contributed by atoms with Crippen molar-refractivity contribution in [1.29, 1.82) is 0 Å². The van der Waals surface area contributed by atoms with Crippen LogP contribution in [0, 0.1) is 0 Å². The van der Waals surface area contributed by atoms with Crippen molar-refractivity contribution in [2.75, 3.05) is 7.11 Å². The van der Waals surface area contributed by atoms with Gasteiger partial charge in [-0.1, -0.05) is 38.0 Å². The number of fused-ring (bicyclic) bond motifs is 1. The largest absolute Gasteiger partial charge is 0.467 e. The number of aromatic nitrogens is 1. The molecule has 0 bridgehead atoms. The van der Waals surface area contributed by atoms with Crippen molar-refractivity contribution >= 4 is 22.8 Å². The number of rotatable bonds is 6. The normalized spacial score (nSPS) is 12.1. The third-order valence-electron chi connectivity index (χ3n) is 3.82. The molecule has 2 rings (SSSR count). The molecule has 0 saturated heterocycles. The van der Waals surface area contributed by atoms with E-state index in [4.69, 9.17) is 4.74 Å². The second kappa shape index (κ2) is 7.11. The molecular weight excluding hydrogens is 280 g/mol. The van der Waals surface area contributed by atoms with Crippen LogP contribution in [-0.4, -0.2) is 29.6 Å². The number of hydrogen-bond donors (Lipinski definition) is 1. The van der Waals surface area contributed by atoms with E-state index in [1.54, 1.807) is 0 Å². The average molecular weight is 302 g/mol. The average Bonchev–Trinajstić information content (AvgIpc) is 2.88. The van der Waals surface area contributed by atoms with Crippen LogP contribution in [-0.2, 0) is 16.6 Å². The lowest BCUT2D eigenvalue weighted by molar-refractivity contribution is -0.143. The number of unbranched alkanes of at least 4 members (excludes halogenated alkanes) is 1. The minimum Gasteiger partial charge on any atom is -0.467 e. The molecule has 1 amide bonds. The van der Waals surface area contributed by atoms with Gasteiger partial charge in [-0.25, -0.2) is 4.79 Å². The minimum absolute atomic E-state index is 0.259. The summed E-state index contributed by atoms with van der Waals surface area (Å²) < 4.78 is 6.61. The fourth-order valence-electron chi connectivity index (χ4n) is 2.54. The first kappa shape index (κ1) is 16.1. The van der Waals surface area contributed by atoms with E-state index in [9.17, 15) is 9.59 Å². The van der Waals surface area contributed by atoms with Crippen LogP contribution in [0.4, 0.5) is 0 Å². The number of amides is 1. The summed E-state index contributed by atoms with van der Waals surface area (Å²) in [6.45, 7) is 2.04. The van der Waals surface area contributed by atoms with Crippen LogP contribution >= 0.6 is 0 Å². The summed E-state index contributed by atoms with van der Waals surface area (Å²) in [6, 6.07) is 9.02. The second-order valence-electron chi connectivity index (χ2n) is 5.34. The Morgan fingerprint density at radius 3 is 2.68 bits per heavy atom. The Morgan fingerprint density at radius 2 is 2.05 bits per heavy atom. The number of methoxy groups -OCH3 is 1. The van der Waals surface area contributed by atoms with Crippen LogP contribution in [0.25, 0.3) is 10.9 Å². The zero-order chi connectivity index (χ0) is 16.1. The van der Waals surface area contributed by atoms with Gasteiger partial charge in [0.05, 0.1) is 7.11 Å². The maximum atomic E-state index is 12.5. The molecule has 0 aliphatic rings. The maximum absolute atomic E-state index is 12.5. The monoisotopic (exact) mass is 302 g/mol. The number of ether oxygens (including phenoxy) is 1. The van der Waals surface area contributed by atoms with E-state index in [0.29, 0.717) is 12.1 Å². The van der Waals surface area contributed by atoms with E-state index in [1.807, 2.05) is 48.9 Å². The highest BCUT2D eigenvalue weighted by molar-refractivity contribution is 6.00. The highest BCUT2D eigenvalue weighted by Gasteiger charge is 2.23. The Balaban J connectivity index is 2.21. The predicted octanol–water partition coefficient (Wildman–Crippen LogP) is 2.64. The summed E-state index contributed by atoms with van der Waals surface area (Å²) in [5.74, 6) is -0.661. The Bertz CT molecular complexity index is 676. The highest BCUT2D eigenvalue weighted by atomic mass is 16.5. The van der Waals surface area contributed by atoms with E-state index in [2.05, 4.69) is 5.32 Å². The quantitative estimate of drug-likeness (QED) is 0.835. The van der Waals surface area contributed by atoms with Gasteiger partial charge in [0.1, 0.15) is 11.7 Å². The third kappa shape index (κ3) is 3.30. The van der Waals surface area contributed by atoms with Gasteiger partial charge in [-0.15, -0.1) is 0 Å². The SMILES string of the molecule is CCCC[C@H](NC(=O)c1cc2ccccc2n1C)C(=O)OC. The van der Waals surface area contributed by atoms with Gasteiger partial charge in [-0.3, -0.25) is 4.79 Å². The van der Waals surface area contributed by atoms with Crippen molar-refractivity contribution < 1.29 is 14.3 Å². The number of nitrogens with one attached hydrogen (secondary N) is 1. The van der Waals surface area contributed by atoms with E-state index >= 15 is 0 Å². The van der Waals surface area contributed by atoms with Crippen LogP contribution in [0.1, 0.15) is 36.7 Å². The molecule has 0 fully saturated rings. The van der Waals surface area contributed by atoms with Crippen LogP contribution in [0.5, 0.6) is 0 Å². The van der Waals surface area contributed by atoms with Gasteiger partial charge >= 0.3 is 5.97 Å². The van der Waals surface area contributed by atoms with Gasteiger partial charge in [0.25, 0.3) is 5.91 Å². The van der Waals surface area contributed by atoms with Gasteiger partial charge in [0.2, 0.25) is 0 Å². The van der Waals surface area contributed by atoms with Crippen molar-refractivity contribution in [3.8, 4) is 0 Å². The van der Waals surface area contributed by atoms with E-state index in [0.717, 1.165) is 23.7 Å². The molecular formula is C17H22N2O3. The van der Waals surface area contributed by atoms with E-state index in [-0.39, 0.29) is 5.91 Å². The second-order valence-corrected chi connectivity index (χ2v) is 5.34. The topological polar surface area (TPSA) is 60.3 Å². The number of hydrogen-bond acceptors (Lipinski definition) is 3. The van der Waals surface area contributed by atoms with Crippen molar-refractivity contribution in [2.45, 2.75) is 32.2 Å². The van der Waals surface area contributed by atoms with Crippen molar-refractivity contribution in [2.24, 2.45) is 7.05 Å². The number of esters is 1. The highest BCUT2D eigenvalue weighted by Crippen LogP contribution is 2.18. The molecule has 5 nitrogen and oxygen atoms in total. The minimum atomic E-state index is -0.601. The summed E-state index contributed by atoms with van der Waals surface area (Å²) in [7, 11) is 3.18. The van der Waals surface area contributed by atoms with Crippen molar-refractivity contribution in [1.82, 2.24) is 9.88 Å². The Labute approximate surface area is 130 Å². The van der Waals surface area contributed by atoms with Gasteiger partial charge in [-0.2, -0.15) is 0 Å². The van der Waals surface area contributed by atoms with Gasteiger partial charge in [0.15, 0.2) is 0 Å². The molecule has 1 N–H and O–H groups in total. The molecule has 2 aromatic rings. The Kier molecular flexibility index (Phi) is 5.20. The van der Waals surface area contributed by atoms with Gasteiger partial charge in [0, 0.05) is 18.0 Å². The molecule has 5 heteroatoms. The molecule has 0 unspecified atom stereocenters. The first-order valence-corrected chi connectivity index (χ1v) is 7.51. The van der Waals surface area contributed by atoms with Crippen LogP contribution < -0.4 is 5.32 Å². The lowest BCUT2D eigenvalue weighted by Gasteiger charge is -2.16. The van der Waals surface area contributed by atoms with Crippen molar-refractivity contribution in [3.05, 3.63) is 36.0 Å². The van der Waals surface area contributed by atoms with E-state index < -0.39 is 12.0 Å². The third-order valence-corrected chi connectivity index (χ3v) is 3.82. The number of carbonyl (C=O) groups is 2. The fraction of sp³-hybridized carbons (Fsp3) is 0.412. The number of carbonyl (C=O) groups excluding carboxylic acids is 2.